The molecule has 1 aromatic carbocycles. The van der Waals surface area contributed by atoms with Crippen molar-refractivity contribution < 1.29 is 14.8 Å². The summed E-state index contributed by atoms with van der Waals surface area (Å²) in [5.74, 6) is -0.258. The van der Waals surface area contributed by atoms with Crippen LogP contribution in [0.15, 0.2) is 18.2 Å². The van der Waals surface area contributed by atoms with E-state index in [1.165, 1.54) is 18.2 Å². The third kappa shape index (κ3) is 2.85. The maximum absolute atomic E-state index is 12.2. The summed E-state index contributed by atoms with van der Waals surface area (Å²) < 4.78 is 0. The van der Waals surface area contributed by atoms with Crippen LogP contribution in [0.1, 0.15) is 16.8 Å². The molecule has 1 unspecified atom stereocenters. The molecular weight excluding hydrogens is 272 g/mol. The van der Waals surface area contributed by atoms with Crippen molar-refractivity contribution in [2.75, 3.05) is 19.7 Å². The van der Waals surface area contributed by atoms with Crippen molar-refractivity contribution in [1.82, 2.24) is 4.90 Å². The summed E-state index contributed by atoms with van der Waals surface area (Å²) >= 11 is 5.92. The number of benzene rings is 1. The lowest BCUT2D eigenvalue weighted by molar-refractivity contribution is -0.384. The number of carbonyl (C=O) groups is 1. The van der Waals surface area contributed by atoms with Crippen LogP contribution >= 0.6 is 11.6 Å². The molecule has 1 aromatic rings. The molecule has 1 fully saturated rings. The summed E-state index contributed by atoms with van der Waals surface area (Å²) in [6.07, 6.45) is 0.731. The van der Waals surface area contributed by atoms with Crippen molar-refractivity contribution in [1.29, 1.82) is 0 Å². The number of non-ortho nitro benzene ring substituents is 1. The van der Waals surface area contributed by atoms with E-state index < -0.39 is 4.92 Å². The Morgan fingerprint density at radius 2 is 2.32 bits per heavy atom. The van der Waals surface area contributed by atoms with Crippen LogP contribution in [0.2, 0.25) is 5.02 Å². The molecule has 0 bridgehead atoms. The van der Waals surface area contributed by atoms with E-state index in [4.69, 9.17) is 16.7 Å². The highest BCUT2D eigenvalue weighted by molar-refractivity contribution is 6.33. The lowest BCUT2D eigenvalue weighted by atomic mass is 10.1. The van der Waals surface area contributed by atoms with E-state index in [0.717, 1.165) is 6.42 Å². The maximum atomic E-state index is 12.2. The molecule has 0 aromatic heterocycles. The second-order valence-corrected chi connectivity index (χ2v) is 4.92. The first-order valence-electron chi connectivity index (χ1n) is 5.87. The Labute approximate surface area is 114 Å². The molecule has 0 aliphatic carbocycles. The molecule has 6 nitrogen and oxygen atoms in total. The lowest BCUT2D eigenvalue weighted by Gasteiger charge is -2.16. The van der Waals surface area contributed by atoms with Gasteiger partial charge in [0.15, 0.2) is 0 Å². The minimum absolute atomic E-state index is 0.0342. The monoisotopic (exact) mass is 284 g/mol. The van der Waals surface area contributed by atoms with Gasteiger partial charge >= 0.3 is 0 Å². The molecule has 102 valence electrons. The molecule has 1 heterocycles. The first-order chi connectivity index (χ1) is 9.02. The molecule has 2 rings (SSSR count). The maximum Gasteiger partial charge on any atom is 0.270 e. The predicted octanol–water partition coefficient (Wildman–Crippen LogP) is 1.70. The second-order valence-electron chi connectivity index (χ2n) is 4.51. The van der Waals surface area contributed by atoms with Gasteiger partial charge in [0.1, 0.15) is 0 Å². The minimum atomic E-state index is -0.562. The first kappa shape index (κ1) is 13.8. The topological polar surface area (TPSA) is 83.7 Å². The molecule has 7 heteroatoms. The van der Waals surface area contributed by atoms with Crippen LogP contribution in [-0.4, -0.2) is 40.5 Å². The highest BCUT2D eigenvalue weighted by Crippen LogP contribution is 2.25. The molecule has 1 N–H and O–H groups in total. The average Bonchev–Trinajstić information content (AvgIpc) is 2.87. The molecule has 19 heavy (non-hydrogen) atoms. The fourth-order valence-electron chi connectivity index (χ4n) is 2.13. The van der Waals surface area contributed by atoms with Gasteiger partial charge < -0.3 is 10.0 Å². The largest absolute Gasteiger partial charge is 0.396 e. The number of nitro benzene ring substituents is 1. The van der Waals surface area contributed by atoms with Crippen molar-refractivity contribution in [2.24, 2.45) is 5.92 Å². The number of nitro groups is 1. The standard InChI is InChI=1S/C12H13ClN2O4/c13-11-2-1-9(15(18)19)5-10(11)12(17)14-4-3-8(6-14)7-16/h1-2,5,8,16H,3-4,6-7H2. The summed E-state index contributed by atoms with van der Waals surface area (Å²) in [5.41, 5.74) is -0.0277. The number of hydrogen-bond donors (Lipinski definition) is 1. The summed E-state index contributed by atoms with van der Waals surface area (Å²) in [7, 11) is 0. The molecule has 1 atom stereocenters. The minimum Gasteiger partial charge on any atom is -0.396 e. The smallest absolute Gasteiger partial charge is 0.270 e. The van der Waals surface area contributed by atoms with Crippen LogP contribution in [0.25, 0.3) is 0 Å². The highest BCUT2D eigenvalue weighted by Gasteiger charge is 2.28. The zero-order valence-electron chi connectivity index (χ0n) is 10.1. The molecule has 1 aliphatic rings. The molecule has 1 saturated heterocycles. The van der Waals surface area contributed by atoms with Crippen LogP contribution in [0.3, 0.4) is 0 Å². The fraction of sp³-hybridized carbons (Fsp3) is 0.417. The first-order valence-corrected chi connectivity index (χ1v) is 6.24. The van der Waals surface area contributed by atoms with E-state index in [2.05, 4.69) is 0 Å². The number of aliphatic hydroxyl groups excluding tert-OH is 1. The van der Waals surface area contributed by atoms with Crippen molar-refractivity contribution in [3.05, 3.63) is 38.9 Å². The van der Waals surface area contributed by atoms with E-state index in [0.29, 0.717) is 13.1 Å². The van der Waals surface area contributed by atoms with Crippen LogP contribution in [0.4, 0.5) is 5.69 Å². The van der Waals surface area contributed by atoms with Gasteiger partial charge in [0, 0.05) is 37.7 Å². The van der Waals surface area contributed by atoms with Crippen molar-refractivity contribution in [2.45, 2.75) is 6.42 Å². The number of aliphatic hydroxyl groups is 1. The van der Waals surface area contributed by atoms with E-state index in [1.54, 1.807) is 4.90 Å². The molecule has 0 radical (unpaired) electrons. The van der Waals surface area contributed by atoms with Gasteiger partial charge in [0.25, 0.3) is 11.6 Å². The average molecular weight is 285 g/mol. The Kier molecular flexibility index (Phi) is 4.01. The summed E-state index contributed by atoms with van der Waals surface area (Å²) in [5, 5.41) is 20.0. The number of halogens is 1. The zero-order chi connectivity index (χ0) is 14.0. The SMILES string of the molecule is O=C(c1cc([N+](=O)[O-])ccc1Cl)N1CCC(CO)C1. The molecule has 1 amide bonds. The highest BCUT2D eigenvalue weighted by atomic mass is 35.5. The van der Waals surface area contributed by atoms with Gasteiger partial charge in [-0.3, -0.25) is 14.9 Å². The number of amides is 1. The van der Waals surface area contributed by atoms with Gasteiger partial charge in [0.2, 0.25) is 0 Å². The zero-order valence-corrected chi connectivity index (χ0v) is 10.8. The second kappa shape index (κ2) is 5.54. The van der Waals surface area contributed by atoms with Crippen molar-refractivity contribution in [3.63, 3.8) is 0 Å². The third-order valence-corrected chi connectivity index (χ3v) is 3.55. The fourth-order valence-corrected chi connectivity index (χ4v) is 2.33. The quantitative estimate of drug-likeness (QED) is 0.676. The number of likely N-dealkylation sites (tertiary alicyclic amines) is 1. The van der Waals surface area contributed by atoms with E-state index in [-0.39, 0.29) is 34.7 Å². The van der Waals surface area contributed by atoms with E-state index >= 15 is 0 Å². The Hall–Kier alpha value is -1.66. The van der Waals surface area contributed by atoms with Crippen molar-refractivity contribution >= 4 is 23.2 Å². The summed E-state index contributed by atoms with van der Waals surface area (Å²) in [6, 6.07) is 3.81. The van der Waals surface area contributed by atoms with Crippen LogP contribution in [-0.2, 0) is 0 Å². The molecule has 0 saturated carbocycles. The Morgan fingerprint density at radius 3 is 2.89 bits per heavy atom. The van der Waals surface area contributed by atoms with E-state index in [9.17, 15) is 14.9 Å². The van der Waals surface area contributed by atoms with Crippen LogP contribution in [0.5, 0.6) is 0 Å². The van der Waals surface area contributed by atoms with Gasteiger partial charge in [0.05, 0.1) is 15.5 Å². The Balaban J connectivity index is 2.24. The van der Waals surface area contributed by atoms with Gasteiger partial charge in [-0.05, 0) is 12.5 Å². The van der Waals surface area contributed by atoms with Crippen LogP contribution in [0, 0.1) is 16.0 Å². The van der Waals surface area contributed by atoms with Crippen LogP contribution < -0.4 is 0 Å². The lowest BCUT2D eigenvalue weighted by Crippen LogP contribution is -2.29. The third-order valence-electron chi connectivity index (χ3n) is 3.22. The molecule has 0 spiro atoms. The number of hydrogen-bond acceptors (Lipinski definition) is 4. The van der Waals surface area contributed by atoms with Gasteiger partial charge in [-0.1, -0.05) is 11.6 Å². The van der Waals surface area contributed by atoms with E-state index in [1.807, 2.05) is 0 Å². The van der Waals surface area contributed by atoms with Crippen molar-refractivity contribution in [3.8, 4) is 0 Å². The number of nitrogens with zero attached hydrogens (tertiary/aromatic N) is 2. The summed E-state index contributed by atoms with van der Waals surface area (Å²) in [4.78, 5) is 24.0. The molecule has 1 aliphatic heterocycles. The van der Waals surface area contributed by atoms with Gasteiger partial charge in [-0.2, -0.15) is 0 Å². The Bertz CT molecular complexity index is 520. The predicted molar refractivity (Wildman–Crippen MR) is 69.2 cm³/mol. The van der Waals surface area contributed by atoms with Gasteiger partial charge in [-0.25, -0.2) is 0 Å². The molecular formula is C12H13ClN2O4. The number of rotatable bonds is 3. The van der Waals surface area contributed by atoms with Gasteiger partial charge in [-0.15, -0.1) is 0 Å². The normalized spacial score (nSPS) is 18.6. The Morgan fingerprint density at radius 1 is 1.58 bits per heavy atom. The summed E-state index contributed by atoms with van der Waals surface area (Å²) in [6.45, 7) is 1.02. The number of carbonyl (C=O) groups excluding carboxylic acids is 1.